The van der Waals surface area contributed by atoms with Crippen LogP contribution in [-0.2, 0) is 13.0 Å². The molecule has 1 aromatic heterocycles. The first-order valence-corrected chi connectivity index (χ1v) is 10.7. The smallest absolute Gasteiger partial charge is 0.317 e. The fraction of sp³-hybridized carbons (Fsp3) is 0.500. The molecule has 2 aliphatic rings. The number of ether oxygens (including phenoxy) is 1. The van der Waals surface area contributed by atoms with Crippen molar-refractivity contribution >= 4 is 12.0 Å². The second kappa shape index (κ2) is 9.05. The molecule has 0 aliphatic carbocycles. The molecule has 0 radical (unpaired) electrons. The van der Waals surface area contributed by atoms with Gasteiger partial charge in [-0.05, 0) is 44.7 Å². The van der Waals surface area contributed by atoms with Crippen LogP contribution in [0.3, 0.4) is 0 Å². The highest BCUT2D eigenvalue weighted by Crippen LogP contribution is 2.32. The van der Waals surface area contributed by atoms with Gasteiger partial charge in [-0.25, -0.2) is 14.2 Å². The summed E-state index contributed by atoms with van der Waals surface area (Å²) in [7, 11) is 2.10. The number of likely N-dealkylation sites (N-methyl/N-ethyl adjacent to an activating group) is 1. The molecule has 1 aromatic carbocycles. The number of carbonyl (C=O) groups is 1. The molecule has 0 atom stereocenters. The van der Waals surface area contributed by atoms with Gasteiger partial charge in [0, 0.05) is 45.7 Å². The van der Waals surface area contributed by atoms with Crippen molar-refractivity contribution in [3.63, 3.8) is 0 Å². The van der Waals surface area contributed by atoms with Gasteiger partial charge < -0.3 is 24.8 Å². The fourth-order valence-electron chi connectivity index (χ4n) is 3.83. The maximum Gasteiger partial charge on any atom is 0.317 e. The molecule has 4 rings (SSSR count). The molecule has 9 heteroatoms. The van der Waals surface area contributed by atoms with Gasteiger partial charge in [-0.2, -0.15) is 4.98 Å². The monoisotopic (exact) mass is 428 g/mol. The summed E-state index contributed by atoms with van der Waals surface area (Å²) in [6.07, 6.45) is 0.633. The second-order valence-electron chi connectivity index (χ2n) is 8.06. The molecular weight excluding hydrogens is 399 g/mol. The average molecular weight is 429 g/mol. The van der Waals surface area contributed by atoms with Crippen molar-refractivity contribution in [2.24, 2.45) is 0 Å². The summed E-state index contributed by atoms with van der Waals surface area (Å²) < 4.78 is 19.9. The lowest BCUT2D eigenvalue weighted by Gasteiger charge is -2.34. The van der Waals surface area contributed by atoms with Crippen molar-refractivity contribution < 1.29 is 13.9 Å². The number of benzene rings is 1. The minimum absolute atomic E-state index is 0.111. The van der Waals surface area contributed by atoms with Crippen molar-refractivity contribution in [1.29, 1.82) is 0 Å². The number of piperazine rings is 1. The number of rotatable bonds is 4. The van der Waals surface area contributed by atoms with Crippen LogP contribution in [0.25, 0.3) is 0 Å². The molecular formula is C22H29FN6O2. The van der Waals surface area contributed by atoms with Crippen LogP contribution in [0.1, 0.15) is 23.7 Å². The van der Waals surface area contributed by atoms with E-state index in [1.807, 2.05) is 6.92 Å². The number of fused-ring (bicyclic) bond motifs is 1. The topological polar surface area (TPSA) is 73.8 Å². The van der Waals surface area contributed by atoms with E-state index in [0.29, 0.717) is 49.2 Å². The third-order valence-corrected chi connectivity index (χ3v) is 5.76. The quantitative estimate of drug-likeness (QED) is 0.807. The number of nitrogens with zero attached hydrogens (tertiary/aromatic N) is 5. The van der Waals surface area contributed by atoms with Gasteiger partial charge in [0.05, 0.1) is 17.8 Å². The van der Waals surface area contributed by atoms with Gasteiger partial charge in [-0.1, -0.05) is 0 Å². The molecule has 3 heterocycles. The highest BCUT2D eigenvalue weighted by Gasteiger charge is 2.28. The number of carbonyl (C=O) groups excluding carboxylic acids is 1. The lowest BCUT2D eigenvalue weighted by molar-refractivity contribution is 0.191. The van der Waals surface area contributed by atoms with Crippen molar-refractivity contribution in [2.75, 3.05) is 51.2 Å². The van der Waals surface area contributed by atoms with Crippen molar-refractivity contribution in [2.45, 2.75) is 26.8 Å². The van der Waals surface area contributed by atoms with Gasteiger partial charge in [0.2, 0.25) is 11.8 Å². The van der Waals surface area contributed by atoms with Crippen LogP contribution in [-0.4, -0.2) is 72.1 Å². The van der Waals surface area contributed by atoms with Crippen LogP contribution < -0.4 is 15.0 Å². The van der Waals surface area contributed by atoms with E-state index < -0.39 is 0 Å². The first kappa shape index (κ1) is 21.3. The van der Waals surface area contributed by atoms with E-state index >= 15 is 0 Å². The van der Waals surface area contributed by atoms with Crippen molar-refractivity contribution in [1.82, 2.24) is 25.1 Å². The largest absolute Gasteiger partial charge is 0.438 e. The highest BCUT2D eigenvalue weighted by molar-refractivity contribution is 5.74. The number of hydrogen-bond donors (Lipinski definition) is 1. The predicted molar refractivity (Wildman–Crippen MR) is 116 cm³/mol. The van der Waals surface area contributed by atoms with Crippen LogP contribution in [0.5, 0.6) is 11.6 Å². The maximum absolute atomic E-state index is 13.7. The maximum atomic E-state index is 13.7. The van der Waals surface area contributed by atoms with Gasteiger partial charge in [0.1, 0.15) is 11.6 Å². The number of urea groups is 1. The standard InChI is InChI=1S/C22H29FN6O2/c1-4-24-22(30)29-8-7-19-17(14-29)20(31-16-5-6-18(23)15(2)13-16)26-21(25-19)28-11-9-27(3)10-12-28/h5-6,13H,4,7-12,14H2,1-3H3,(H,24,30). The molecule has 0 bridgehead atoms. The Bertz CT molecular complexity index is 961. The van der Waals surface area contributed by atoms with E-state index in [1.54, 1.807) is 24.0 Å². The number of halogens is 1. The number of amides is 2. The summed E-state index contributed by atoms with van der Waals surface area (Å²) >= 11 is 0. The van der Waals surface area contributed by atoms with Gasteiger partial charge >= 0.3 is 6.03 Å². The lowest BCUT2D eigenvalue weighted by atomic mass is 10.1. The number of aromatic nitrogens is 2. The van der Waals surface area contributed by atoms with E-state index in [-0.39, 0.29) is 11.8 Å². The molecule has 2 amide bonds. The molecule has 0 unspecified atom stereocenters. The zero-order valence-corrected chi connectivity index (χ0v) is 18.3. The van der Waals surface area contributed by atoms with Crippen LogP contribution in [0, 0.1) is 12.7 Å². The molecule has 0 saturated carbocycles. The zero-order chi connectivity index (χ0) is 22.0. The zero-order valence-electron chi connectivity index (χ0n) is 18.3. The summed E-state index contributed by atoms with van der Waals surface area (Å²) in [6, 6.07) is 4.53. The average Bonchev–Trinajstić information content (AvgIpc) is 2.76. The van der Waals surface area contributed by atoms with E-state index in [9.17, 15) is 9.18 Å². The van der Waals surface area contributed by atoms with Crippen LogP contribution in [0.2, 0.25) is 0 Å². The SMILES string of the molecule is CCNC(=O)N1CCc2nc(N3CCN(C)CC3)nc(Oc3ccc(F)c(C)c3)c2C1. The van der Waals surface area contributed by atoms with E-state index in [0.717, 1.165) is 37.4 Å². The third kappa shape index (κ3) is 4.71. The molecule has 8 nitrogen and oxygen atoms in total. The Hall–Kier alpha value is -2.94. The van der Waals surface area contributed by atoms with Crippen LogP contribution in [0.4, 0.5) is 15.1 Å². The van der Waals surface area contributed by atoms with Crippen LogP contribution in [0.15, 0.2) is 18.2 Å². The van der Waals surface area contributed by atoms with E-state index in [2.05, 4.69) is 22.2 Å². The molecule has 2 aromatic rings. The summed E-state index contributed by atoms with van der Waals surface area (Å²) in [5.41, 5.74) is 2.21. The molecule has 166 valence electrons. The minimum Gasteiger partial charge on any atom is -0.438 e. The predicted octanol–water partition coefficient (Wildman–Crippen LogP) is 2.56. The Labute approximate surface area is 182 Å². The molecule has 31 heavy (non-hydrogen) atoms. The first-order valence-electron chi connectivity index (χ1n) is 10.7. The van der Waals surface area contributed by atoms with Crippen molar-refractivity contribution in [3.8, 4) is 11.6 Å². The Kier molecular flexibility index (Phi) is 6.22. The van der Waals surface area contributed by atoms with Gasteiger partial charge in [-0.15, -0.1) is 0 Å². The minimum atomic E-state index is -0.280. The van der Waals surface area contributed by atoms with E-state index in [4.69, 9.17) is 14.7 Å². The third-order valence-electron chi connectivity index (χ3n) is 5.76. The molecule has 1 N–H and O–H groups in total. The fourth-order valence-corrected chi connectivity index (χ4v) is 3.83. The Balaban J connectivity index is 1.68. The number of aryl methyl sites for hydroxylation is 1. The number of hydrogen-bond acceptors (Lipinski definition) is 6. The molecule has 1 fully saturated rings. The lowest BCUT2D eigenvalue weighted by Crippen LogP contribution is -2.46. The molecule has 1 saturated heterocycles. The Morgan fingerprint density at radius 1 is 1.19 bits per heavy atom. The van der Waals surface area contributed by atoms with E-state index in [1.165, 1.54) is 6.07 Å². The van der Waals surface area contributed by atoms with Gasteiger partial charge in [0.25, 0.3) is 0 Å². The Morgan fingerprint density at radius 2 is 1.97 bits per heavy atom. The molecule has 2 aliphatic heterocycles. The number of nitrogens with one attached hydrogen (secondary N) is 1. The summed E-state index contributed by atoms with van der Waals surface area (Å²) in [5.74, 6) is 1.31. The van der Waals surface area contributed by atoms with Crippen molar-refractivity contribution in [3.05, 3.63) is 40.8 Å². The normalized spacial score (nSPS) is 16.8. The summed E-state index contributed by atoms with van der Waals surface area (Å²) in [4.78, 5) is 28.1. The Morgan fingerprint density at radius 3 is 2.68 bits per heavy atom. The van der Waals surface area contributed by atoms with Gasteiger partial charge in [0.15, 0.2) is 0 Å². The van der Waals surface area contributed by atoms with Crippen LogP contribution >= 0.6 is 0 Å². The summed E-state index contributed by atoms with van der Waals surface area (Å²) in [6.45, 7) is 8.70. The van der Waals surface area contributed by atoms with Gasteiger partial charge in [-0.3, -0.25) is 0 Å². The second-order valence-corrected chi connectivity index (χ2v) is 8.06. The first-order chi connectivity index (χ1) is 14.9. The number of anilines is 1. The highest BCUT2D eigenvalue weighted by atomic mass is 19.1. The molecule has 0 spiro atoms. The summed E-state index contributed by atoms with van der Waals surface area (Å²) in [5, 5.41) is 2.85.